The highest BCUT2D eigenvalue weighted by Gasteiger charge is 2.19. The van der Waals surface area contributed by atoms with E-state index in [2.05, 4.69) is 0 Å². The zero-order chi connectivity index (χ0) is 19.2. The van der Waals surface area contributed by atoms with E-state index in [-0.39, 0.29) is 12.5 Å². The SMILES string of the molecule is COc1ccc(F)c(CN(C(C)=O)c2ccccc2Oc2ccccc2)c1. The summed E-state index contributed by atoms with van der Waals surface area (Å²) in [6, 6.07) is 20.9. The van der Waals surface area contributed by atoms with Crippen LogP contribution in [0, 0.1) is 5.82 Å². The summed E-state index contributed by atoms with van der Waals surface area (Å²) in [6.45, 7) is 1.50. The number of carbonyl (C=O) groups excluding carboxylic acids is 1. The maximum absolute atomic E-state index is 14.3. The normalized spacial score (nSPS) is 10.3. The molecule has 5 heteroatoms. The molecular weight excluding hydrogens is 345 g/mol. The summed E-state index contributed by atoms with van der Waals surface area (Å²) in [7, 11) is 1.52. The topological polar surface area (TPSA) is 38.8 Å². The Bertz CT molecular complexity index is 928. The number of hydrogen-bond donors (Lipinski definition) is 0. The fraction of sp³-hybridized carbons (Fsp3) is 0.136. The van der Waals surface area contributed by atoms with Gasteiger partial charge in [0.1, 0.15) is 17.3 Å². The molecule has 0 heterocycles. The van der Waals surface area contributed by atoms with Crippen LogP contribution >= 0.6 is 0 Å². The van der Waals surface area contributed by atoms with Crippen molar-refractivity contribution < 1.29 is 18.7 Å². The lowest BCUT2D eigenvalue weighted by atomic mass is 10.1. The van der Waals surface area contributed by atoms with Gasteiger partial charge in [0.25, 0.3) is 0 Å². The first-order chi connectivity index (χ1) is 13.1. The van der Waals surface area contributed by atoms with Gasteiger partial charge in [-0.2, -0.15) is 0 Å². The number of halogens is 1. The lowest BCUT2D eigenvalue weighted by Crippen LogP contribution is -2.28. The van der Waals surface area contributed by atoms with Crippen molar-refractivity contribution in [1.29, 1.82) is 0 Å². The van der Waals surface area contributed by atoms with E-state index in [1.165, 1.54) is 25.0 Å². The van der Waals surface area contributed by atoms with Gasteiger partial charge >= 0.3 is 0 Å². The van der Waals surface area contributed by atoms with Gasteiger partial charge in [0.2, 0.25) is 5.91 Å². The average molecular weight is 365 g/mol. The second-order valence-electron chi connectivity index (χ2n) is 5.95. The molecule has 0 N–H and O–H groups in total. The van der Waals surface area contributed by atoms with Crippen molar-refractivity contribution in [2.24, 2.45) is 0 Å². The van der Waals surface area contributed by atoms with Crippen LogP contribution in [-0.4, -0.2) is 13.0 Å². The zero-order valence-corrected chi connectivity index (χ0v) is 15.2. The van der Waals surface area contributed by atoms with Crippen molar-refractivity contribution >= 4 is 11.6 Å². The third-order valence-corrected chi connectivity index (χ3v) is 4.09. The fourth-order valence-corrected chi connectivity index (χ4v) is 2.72. The summed E-state index contributed by atoms with van der Waals surface area (Å²) < 4.78 is 25.4. The number of anilines is 1. The molecule has 0 aliphatic heterocycles. The van der Waals surface area contributed by atoms with E-state index in [1.54, 1.807) is 24.3 Å². The van der Waals surface area contributed by atoms with Crippen LogP contribution < -0.4 is 14.4 Å². The molecule has 0 radical (unpaired) electrons. The van der Waals surface area contributed by atoms with Gasteiger partial charge in [-0.25, -0.2) is 4.39 Å². The molecule has 1 amide bonds. The number of methoxy groups -OCH3 is 1. The minimum Gasteiger partial charge on any atom is -0.497 e. The molecule has 27 heavy (non-hydrogen) atoms. The van der Waals surface area contributed by atoms with E-state index in [0.717, 1.165) is 0 Å². The highest BCUT2D eigenvalue weighted by atomic mass is 19.1. The highest BCUT2D eigenvalue weighted by Crippen LogP contribution is 2.33. The second-order valence-corrected chi connectivity index (χ2v) is 5.95. The van der Waals surface area contributed by atoms with Crippen molar-refractivity contribution in [3.63, 3.8) is 0 Å². The first kappa shape index (κ1) is 18.5. The van der Waals surface area contributed by atoms with E-state index >= 15 is 0 Å². The standard InChI is InChI=1S/C22H20FNO3/c1-16(25)24(15-17-14-19(26-2)12-13-20(17)23)21-10-6-7-11-22(21)27-18-8-4-3-5-9-18/h3-14H,15H2,1-2H3. The van der Waals surface area contributed by atoms with Gasteiger partial charge in [0, 0.05) is 12.5 Å². The maximum Gasteiger partial charge on any atom is 0.224 e. The molecule has 3 rings (SSSR count). The number of ether oxygens (including phenoxy) is 2. The molecule has 0 atom stereocenters. The molecule has 0 aliphatic carbocycles. The Kier molecular flexibility index (Phi) is 5.71. The molecule has 0 saturated heterocycles. The summed E-state index contributed by atoms with van der Waals surface area (Å²) in [4.78, 5) is 13.8. The molecule has 0 unspecified atom stereocenters. The lowest BCUT2D eigenvalue weighted by Gasteiger charge is -2.24. The maximum atomic E-state index is 14.3. The first-order valence-electron chi connectivity index (χ1n) is 8.51. The first-order valence-corrected chi connectivity index (χ1v) is 8.51. The summed E-state index contributed by atoms with van der Waals surface area (Å²) in [5.41, 5.74) is 0.926. The molecule has 0 aromatic heterocycles. The molecule has 3 aromatic rings. The second kappa shape index (κ2) is 8.36. The molecule has 0 saturated carbocycles. The third-order valence-electron chi connectivity index (χ3n) is 4.09. The Morgan fingerprint density at radius 2 is 1.67 bits per heavy atom. The number of carbonyl (C=O) groups is 1. The summed E-state index contributed by atoms with van der Waals surface area (Å²) in [5.74, 6) is 1.08. The van der Waals surface area contributed by atoms with Gasteiger partial charge in [-0.15, -0.1) is 0 Å². The van der Waals surface area contributed by atoms with Crippen LogP contribution in [0.2, 0.25) is 0 Å². The molecule has 0 bridgehead atoms. The van der Waals surface area contributed by atoms with Crippen molar-refractivity contribution in [3.05, 3.63) is 84.2 Å². The predicted octanol–water partition coefficient (Wildman–Crippen LogP) is 5.18. The number of para-hydroxylation sites is 3. The van der Waals surface area contributed by atoms with Crippen LogP contribution in [0.15, 0.2) is 72.8 Å². The minimum atomic E-state index is -0.400. The molecule has 4 nitrogen and oxygen atoms in total. The quantitative estimate of drug-likeness (QED) is 0.604. The molecule has 0 fully saturated rings. The Labute approximate surface area is 157 Å². The predicted molar refractivity (Wildman–Crippen MR) is 103 cm³/mol. The number of amides is 1. The van der Waals surface area contributed by atoms with Crippen molar-refractivity contribution in [2.45, 2.75) is 13.5 Å². The monoisotopic (exact) mass is 365 g/mol. The molecule has 0 aliphatic rings. The van der Waals surface area contributed by atoms with E-state index in [0.29, 0.717) is 28.5 Å². The Morgan fingerprint density at radius 1 is 0.963 bits per heavy atom. The van der Waals surface area contributed by atoms with Crippen LogP contribution in [0.5, 0.6) is 17.2 Å². The van der Waals surface area contributed by atoms with E-state index in [1.807, 2.05) is 42.5 Å². The summed E-state index contributed by atoms with van der Waals surface area (Å²) >= 11 is 0. The van der Waals surface area contributed by atoms with E-state index in [9.17, 15) is 9.18 Å². The molecule has 3 aromatic carbocycles. The van der Waals surface area contributed by atoms with Gasteiger partial charge in [-0.3, -0.25) is 4.79 Å². The Morgan fingerprint density at radius 3 is 2.37 bits per heavy atom. The van der Waals surface area contributed by atoms with Crippen molar-refractivity contribution in [2.75, 3.05) is 12.0 Å². The Balaban J connectivity index is 1.95. The van der Waals surface area contributed by atoms with Crippen LogP contribution in [0.4, 0.5) is 10.1 Å². The van der Waals surface area contributed by atoms with Crippen LogP contribution in [0.3, 0.4) is 0 Å². The summed E-state index contributed by atoms with van der Waals surface area (Å²) in [6.07, 6.45) is 0. The average Bonchev–Trinajstić information content (AvgIpc) is 2.68. The smallest absolute Gasteiger partial charge is 0.224 e. The molecule has 138 valence electrons. The highest BCUT2D eigenvalue weighted by molar-refractivity contribution is 5.93. The van der Waals surface area contributed by atoms with Crippen LogP contribution in [0.25, 0.3) is 0 Å². The number of rotatable bonds is 6. The largest absolute Gasteiger partial charge is 0.497 e. The lowest BCUT2D eigenvalue weighted by molar-refractivity contribution is -0.116. The van der Waals surface area contributed by atoms with Gasteiger partial charge in [-0.1, -0.05) is 30.3 Å². The number of hydrogen-bond acceptors (Lipinski definition) is 3. The van der Waals surface area contributed by atoms with Gasteiger partial charge in [-0.05, 0) is 42.5 Å². The third kappa shape index (κ3) is 4.44. The van der Waals surface area contributed by atoms with Gasteiger partial charge < -0.3 is 14.4 Å². The van der Waals surface area contributed by atoms with Crippen LogP contribution in [-0.2, 0) is 11.3 Å². The van der Waals surface area contributed by atoms with Crippen molar-refractivity contribution in [1.82, 2.24) is 0 Å². The van der Waals surface area contributed by atoms with E-state index < -0.39 is 5.82 Å². The minimum absolute atomic E-state index is 0.0630. The number of benzene rings is 3. The number of nitrogens with zero attached hydrogens (tertiary/aromatic N) is 1. The Hall–Kier alpha value is -3.34. The van der Waals surface area contributed by atoms with E-state index in [4.69, 9.17) is 9.47 Å². The van der Waals surface area contributed by atoms with Crippen molar-refractivity contribution in [3.8, 4) is 17.2 Å². The zero-order valence-electron chi connectivity index (χ0n) is 15.2. The molecular formula is C22H20FNO3. The molecule has 0 spiro atoms. The fourth-order valence-electron chi connectivity index (χ4n) is 2.72. The summed E-state index contributed by atoms with van der Waals surface area (Å²) in [5, 5.41) is 0. The van der Waals surface area contributed by atoms with Crippen LogP contribution in [0.1, 0.15) is 12.5 Å². The van der Waals surface area contributed by atoms with Gasteiger partial charge in [0.15, 0.2) is 5.75 Å². The van der Waals surface area contributed by atoms with Gasteiger partial charge in [0.05, 0.1) is 19.3 Å².